The third-order valence-electron chi connectivity index (χ3n) is 8.22. The topological polar surface area (TPSA) is 165 Å². The first-order valence-corrected chi connectivity index (χ1v) is 16.5. The van der Waals surface area contributed by atoms with Crippen LogP contribution < -0.4 is 10.6 Å². The summed E-state index contributed by atoms with van der Waals surface area (Å²) in [5, 5.41) is 19.7. The molecule has 51 heavy (non-hydrogen) atoms. The van der Waals surface area contributed by atoms with Gasteiger partial charge in [-0.1, -0.05) is 32.9 Å². The molecule has 0 radical (unpaired) electrons. The van der Waals surface area contributed by atoms with Crippen molar-refractivity contribution in [3.8, 4) is 11.4 Å². The average Bonchev–Trinajstić information content (AvgIpc) is 3.67. The van der Waals surface area contributed by atoms with E-state index in [1.165, 1.54) is 9.80 Å². The number of carbonyl (C=O) groups is 2. The van der Waals surface area contributed by atoms with E-state index in [-0.39, 0.29) is 17.2 Å². The summed E-state index contributed by atoms with van der Waals surface area (Å²) in [5.41, 5.74) is 11.5. The number of rotatable bonds is 7. The van der Waals surface area contributed by atoms with Gasteiger partial charge in [-0.25, -0.2) is 4.52 Å². The van der Waals surface area contributed by atoms with Gasteiger partial charge in [0.1, 0.15) is 0 Å². The first-order valence-electron chi connectivity index (χ1n) is 15.9. The number of nitrogens with zero attached hydrogens (tertiary/aromatic N) is 5. The van der Waals surface area contributed by atoms with Crippen molar-refractivity contribution in [2.75, 3.05) is 38.8 Å². The Balaban J connectivity index is 0.00000133. The van der Waals surface area contributed by atoms with Gasteiger partial charge in [0.2, 0.25) is 0 Å². The van der Waals surface area contributed by atoms with Gasteiger partial charge in [-0.2, -0.15) is 8.42 Å². The van der Waals surface area contributed by atoms with Crippen LogP contribution in [0, 0.1) is 34.3 Å². The summed E-state index contributed by atoms with van der Waals surface area (Å²) < 4.78 is 26.1. The van der Waals surface area contributed by atoms with Crippen LogP contribution in [0.4, 0.5) is 22.7 Å². The number of H-pyrrole nitrogens is 1. The Labute approximate surface area is 301 Å². The fourth-order valence-electron chi connectivity index (χ4n) is 5.65. The Kier molecular flexibility index (Phi) is 12.8. The minimum atomic E-state index is -0.750. The number of benzene rings is 3. The number of anilines is 4. The first kappa shape index (κ1) is 39.9. The van der Waals surface area contributed by atoms with Gasteiger partial charge in [0.15, 0.2) is 11.5 Å². The number of nitrogens with one attached hydrogen (secondary N) is 3. The molecule has 0 bridgehead atoms. The van der Waals surface area contributed by atoms with Gasteiger partial charge in [0.05, 0.1) is 0 Å². The zero-order valence-electron chi connectivity index (χ0n) is 30.8. The van der Waals surface area contributed by atoms with E-state index in [1.54, 1.807) is 46.4 Å². The Hall–Kier alpha value is -5.56. The van der Waals surface area contributed by atoms with Crippen molar-refractivity contribution in [2.45, 2.75) is 53.9 Å². The van der Waals surface area contributed by atoms with Crippen LogP contribution in [0.1, 0.15) is 69.4 Å². The zero-order valence-corrected chi connectivity index (χ0v) is 31.6. The monoisotopic (exact) mass is 712 g/mol. The molecule has 14 heteroatoms. The molecule has 0 aliphatic heterocycles. The summed E-state index contributed by atoms with van der Waals surface area (Å²) in [4.78, 5) is 28.7. The molecule has 13 nitrogen and oxygen atoms in total. The van der Waals surface area contributed by atoms with Crippen LogP contribution >= 0.6 is 0 Å². The molecule has 0 atom stereocenters. The number of aromatic amines is 1. The molecule has 0 aliphatic carbocycles. The Morgan fingerprint density at radius 3 is 1.88 bits per heavy atom. The van der Waals surface area contributed by atoms with E-state index in [0.717, 1.165) is 62.0 Å². The normalized spacial score (nSPS) is 10.7. The van der Waals surface area contributed by atoms with Gasteiger partial charge in [-0.15, -0.1) is 10.2 Å². The van der Waals surface area contributed by atoms with Crippen LogP contribution in [0.25, 0.3) is 17.0 Å². The van der Waals surface area contributed by atoms with Gasteiger partial charge >= 0.3 is 22.9 Å². The third kappa shape index (κ3) is 8.97. The summed E-state index contributed by atoms with van der Waals surface area (Å²) in [7, 11) is 6.78. The molecule has 0 saturated heterocycles. The molecule has 5 aromatic rings. The molecule has 0 unspecified atom stereocenters. The van der Waals surface area contributed by atoms with Crippen molar-refractivity contribution >= 4 is 51.8 Å². The standard InChI is InChI=1S/C36H44N8O2.CO.O2S/c1-20-12-13-26(37-27-16-24(34(45)42(8)9)15-25(17-27)35(46)43(10)11)18-28(20)38-32-22(3)14-21(2)31(23(32)4)33-40-39-30-19-29(36(5,6)7)41-44(30)33;1-2;1-3-2/h12-19,37-38,41H,1-11H3;;. The summed E-state index contributed by atoms with van der Waals surface area (Å²) in [6.07, 6.45) is 0. The maximum atomic E-state index is 12.9. The number of aryl methyl sites for hydroxylation is 3. The van der Waals surface area contributed by atoms with Crippen molar-refractivity contribution in [3.63, 3.8) is 0 Å². The van der Waals surface area contributed by atoms with Crippen molar-refractivity contribution in [1.29, 1.82) is 0 Å². The molecule has 3 N–H and O–H groups in total. The van der Waals surface area contributed by atoms with Gasteiger partial charge in [0, 0.05) is 84.8 Å². The molecular weight excluding hydrogens is 669 g/mol. The molecule has 0 aliphatic rings. The predicted molar refractivity (Wildman–Crippen MR) is 199 cm³/mol. The summed E-state index contributed by atoms with van der Waals surface area (Å²) >= 11 is -0.750. The van der Waals surface area contributed by atoms with Gasteiger partial charge in [-0.05, 0) is 80.3 Å². The number of hydrogen-bond acceptors (Lipinski definition) is 8. The molecule has 268 valence electrons. The molecule has 0 saturated carbocycles. The van der Waals surface area contributed by atoms with Crippen LogP contribution in [-0.2, 0) is 21.6 Å². The second kappa shape index (κ2) is 16.4. The third-order valence-corrected chi connectivity index (χ3v) is 8.22. The zero-order chi connectivity index (χ0) is 38.4. The summed E-state index contributed by atoms with van der Waals surface area (Å²) in [5.74, 6) is 0.413. The Bertz CT molecular complexity index is 2100. The van der Waals surface area contributed by atoms with E-state index >= 15 is 0 Å². The number of amides is 2. The second-order valence-corrected chi connectivity index (χ2v) is 13.7. The number of fused-ring (bicyclic) bond motifs is 1. The molecule has 0 fully saturated rings. The Morgan fingerprint density at radius 2 is 1.35 bits per heavy atom. The molecule has 0 spiro atoms. The molecule has 2 heterocycles. The summed E-state index contributed by atoms with van der Waals surface area (Å²) in [6, 6.07) is 15.5. The summed E-state index contributed by atoms with van der Waals surface area (Å²) in [6.45, 7) is 19.4. The molecular formula is C37H44N8O5S. The molecule has 3 aromatic carbocycles. The second-order valence-electron chi connectivity index (χ2n) is 13.6. The number of carbonyl (C=O) groups excluding carboxylic acids is 2. The SMILES string of the molecule is Cc1ccc(Nc2cc(C(=O)N(C)C)cc(C(=O)N(C)C)c2)cc1Nc1c(C)cc(C)c(-c2nnc3cc(C(C)(C)C)[nH]n23)c1C.O=S=O.[C-]#[O+]. The van der Waals surface area contributed by atoms with Crippen LogP contribution in [0.5, 0.6) is 0 Å². The Morgan fingerprint density at radius 1 is 0.784 bits per heavy atom. The van der Waals surface area contributed by atoms with E-state index in [2.05, 4.69) is 93.2 Å². The van der Waals surface area contributed by atoms with E-state index in [4.69, 9.17) is 13.1 Å². The fraction of sp³-hybridized carbons (Fsp3) is 0.324. The first-order chi connectivity index (χ1) is 24.0. The maximum absolute atomic E-state index is 12.9. The van der Waals surface area contributed by atoms with Crippen molar-refractivity contribution in [1.82, 2.24) is 29.6 Å². The quantitative estimate of drug-likeness (QED) is 0.128. The van der Waals surface area contributed by atoms with Crippen LogP contribution in [0.3, 0.4) is 0 Å². The van der Waals surface area contributed by atoms with Crippen LogP contribution in [0.2, 0.25) is 0 Å². The fourth-order valence-corrected chi connectivity index (χ4v) is 5.65. The van der Waals surface area contributed by atoms with Crippen molar-refractivity contribution in [2.24, 2.45) is 0 Å². The average molecular weight is 713 g/mol. The van der Waals surface area contributed by atoms with Crippen LogP contribution in [0.15, 0.2) is 48.5 Å². The van der Waals surface area contributed by atoms with Crippen LogP contribution in [-0.4, -0.2) is 78.0 Å². The molecule has 2 aromatic heterocycles. The van der Waals surface area contributed by atoms with E-state index in [1.807, 2.05) is 22.7 Å². The predicted octanol–water partition coefficient (Wildman–Crippen LogP) is 6.44. The van der Waals surface area contributed by atoms with Gasteiger partial charge in [-0.3, -0.25) is 14.7 Å². The van der Waals surface area contributed by atoms with E-state index < -0.39 is 11.6 Å². The van der Waals surface area contributed by atoms with Crippen molar-refractivity contribution in [3.05, 3.63) is 94.3 Å². The molecule has 2 amide bonds. The number of hydrogen-bond donors (Lipinski definition) is 3. The molecule has 5 rings (SSSR count). The number of aromatic nitrogens is 4. The minimum absolute atomic E-state index is 0.0503. The van der Waals surface area contributed by atoms with Gasteiger partial charge in [0.25, 0.3) is 11.8 Å². The van der Waals surface area contributed by atoms with E-state index in [0.29, 0.717) is 16.8 Å². The van der Waals surface area contributed by atoms with Crippen molar-refractivity contribution < 1.29 is 22.7 Å². The van der Waals surface area contributed by atoms with Gasteiger partial charge < -0.3 is 20.4 Å². The van der Waals surface area contributed by atoms with E-state index in [9.17, 15) is 9.59 Å².